The third kappa shape index (κ3) is 4.29. The normalized spacial score (nSPS) is 10.2. The molecule has 6 N–H and O–H groups in total. The summed E-state index contributed by atoms with van der Waals surface area (Å²) < 4.78 is 5.08. The minimum Gasteiger partial charge on any atom is -0.397 e. The lowest BCUT2D eigenvalue weighted by atomic mass is 10.1. The van der Waals surface area contributed by atoms with Gasteiger partial charge in [-0.2, -0.15) is 0 Å². The largest absolute Gasteiger partial charge is 0.397 e. The molecule has 17 heavy (non-hydrogen) atoms. The predicted molar refractivity (Wildman–Crippen MR) is 65.8 cm³/mol. The lowest BCUT2D eigenvalue weighted by Gasteiger charge is -2.10. The van der Waals surface area contributed by atoms with Crippen molar-refractivity contribution >= 4 is 17.3 Å². The second kappa shape index (κ2) is 6.72. The average molecular weight is 239 g/mol. The fourth-order valence-electron chi connectivity index (χ4n) is 1.30. The number of aliphatic hydroxyl groups excluding tert-OH is 1. The van der Waals surface area contributed by atoms with Gasteiger partial charge in [0.1, 0.15) is 0 Å². The number of rotatable bonds is 7. The van der Waals surface area contributed by atoms with Gasteiger partial charge in [-0.3, -0.25) is 4.79 Å². The molecular formula is C11H17N3O3. The first-order valence-electron chi connectivity index (χ1n) is 5.27. The number of anilines is 2. The highest BCUT2D eigenvalue weighted by molar-refractivity contribution is 5.94. The third-order valence-electron chi connectivity index (χ3n) is 2.13. The molecule has 0 heterocycles. The number of nitrogens with one attached hydrogen (secondary N) is 1. The Morgan fingerprint density at radius 2 is 2.18 bits per heavy atom. The number of nitrogens with two attached hydrogens (primary N) is 2. The van der Waals surface area contributed by atoms with Crippen molar-refractivity contribution in [3.8, 4) is 0 Å². The van der Waals surface area contributed by atoms with Gasteiger partial charge in [0.15, 0.2) is 0 Å². The Hall–Kier alpha value is -1.79. The van der Waals surface area contributed by atoms with Gasteiger partial charge in [-0.1, -0.05) is 0 Å². The van der Waals surface area contributed by atoms with E-state index in [4.69, 9.17) is 21.3 Å². The molecule has 0 unspecified atom stereocenters. The Bertz CT molecular complexity index is 382. The van der Waals surface area contributed by atoms with E-state index in [9.17, 15) is 4.79 Å². The topological polar surface area (TPSA) is 111 Å². The fourth-order valence-corrected chi connectivity index (χ4v) is 1.30. The van der Waals surface area contributed by atoms with Crippen LogP contribution in [0.2, 0.25) is 0 Å². The molecule has 0 spiro atoms. The van der Waals surface area contributed by atoms with Crippen molar-refractivity contribution in [1.29, 1.82) is 0 Å². The van der Waals surface area contributed by atoms with E-state index in [-0.39, 0.29) is 6.61 Å². The van der Waals surface area contributed by atoms with E-state index in [0.717, 1.165) is 5.69 Å². The second-order valence-electron chi connectivity index (χ2n) is 3.43. The Morgan fingerprint density at radius 3 is 2.76 bits per heavy atom. The van der Waals surface area contributed by atoms with Crippen LogP contribution >= 0.6 is 0 Å². The van der Waals surface area contributed by atoms with Crippen LogP contribution in [0, 0.1) is 0 Å². The molecule has 0 aliphatic carbocycles. The second-order valence-corrected chi connectivity index (χ2v) is 3.43. The van der Waals surface area contributed by atoms with Crippen molar-refractivity contribution in [3.63, 3.8) is 0 Å². The Balaban J connectivity index is 2.46. The number of amides is 1. The lowest BCUT2D eigenvalue weighted by molar-refractivity contribution is 0.0992. The average Bonchev–Trinajstić information content (AvgIpc) is 2.30. The summed E-state index contributed by atoms with van der Waals surface area (Å²) in [6.07, 6.45) is 0. The number of ether oxygens (including phenoxy) is 1. The van der Waals surface area contributed by atoms with Crippen molar-refractivity contribution in [3.05, 3.63) is 23.8 Å². The number of benzene rings is 1. The molecule has 0 saturated heterocycles. The SMILES string of the molecule is NC(=O)c1ccc(NCCOCCO)c(N)c1. The maximum absolute atomic E-state index is 10.9. The molecule has 0 saturated carbocycles. The maximum Gasteiger partial charge on any atom is 0.248 e. The Morgan fingerprint density at radius 1 is 1.41 bits per heavy atom. The quantitative estimate of drug-likeness (QED) is 0.388. The van der Waals surface area contributed by atoms with Crippen molar-refractivity contribution in [2.45, 2.75) is 0 Å². The molecular weight excluding hydrogens is 222 g/mol. The number of nitrogen functional groups attached to an aromatic ring is 1. The molecule has 0 aliphatic rings. The van der Waals surface area contributed by atoms with Crippen LogP contribution < -0.4 is 16.8 Å². The summed E-state index contributed by atoms with van der Waals surface area (Å²) in [4.78, 5) is 10.9. The van der Waals surface area contributed by atoms with Gasteiger partial charge in [0.05, 0.1) is 31.2 Å². The molecule has 1 amide bonds. The van der Waals surface area contributed by atoms with Gasteiger partial charge in [-0.25, -0.2) is 0 Å². The molecule has 6 nitrogen and oxygen atoms in total. The zero-order valence-electron chi connectivity index (χ0n) is 9.48. The molecule has 0 bridgehead atoms. The van der Waals surface area contributed by atoms with E-state index in [1.54, 1.807) is 12.1 Å². The van der Waals surface area contributed by atoms with Gasteiger partial charge in [0.2, 0.25) is 5.91 Å². The number of primary amides is 1. The van der Waals surface area contributed by atoms with Crippen LogP contribution in [-0.4, -0.2) is 37.4 Å². The maximum atomic E-state index is 10.9. The summed E-state index contributed by atoms with van der Waals surface area (Å²) >= 11 is 0. The third-order valence-corrected chi connectivity index (χ3v) is 2.13. The van der Waals surface area contributed by atoms with Crippen LogP contribution in [0.3, 0.4) is 0 Å². The molecule has 0 aromatic heterocycles. The van der Waals surface area contributed by atoms with Crippen LogP contribution in [0.4, 0.5) is 11.4 Å². The minimum atomic E-state index is -0.505. The fraction of sp³-hybridized carbons (Fsp3) is 0.364. The first-order chi connectivity index (χ1) is 8.15. The van der Waals surface area contributed by atoms with Gasteiger partial charge in [0, 0.05) is 12.1 Å². The molecule has 94 valence electrons. The highest BCUT2D eigenvalue weighted by atomic mass is 16.5. The summed E-state index contributed by atoms with van der Waals surface area (Å²) in [5, 5.41) is 11.6. The number of carbonyl (C=O) groups excluding carboxylic acids is 1. The van der Waals surface area contributed by atoms with E-state index < -0.39 is 5.91 Å². The first kappa shape index (κ1) is 13.3. The smallest absolute Gasteiger partial charge is 0.248 e. The van der Waals surface area contributed by atoms with Gasteiger partial charge in [-0.05, 0) is 18.2 Å². The van der Waals surface area contributed by atoms with Crippen molar-refractivity contribution < 1.29 is 14.6 Å². The first-order valence-corrected chi connectivity index (χ1v) is 5.27. The van der Waals surface area contributed by atoms with Gasteiger partial charge in [-0.15, -0.1) is 0 Å². The summed E-state index contributed by atoms with van der Waals surface area (Å²) in [6.45, 7) is 1.37. The minimum absolute atomic E-state index is 0.00937. The van der Waals surface area contributed by atoms with Crippen molar-refractivity contribution in [2.75, 3.05) is 37.4 Å². The molecule has 1 rings (SSSR count). The summed E-state index contributed by atoms with van der Waals surface area (Å²) in [6, 6.07) is 4.83. The van der Waals surface area contributed by atoms with Crippen molar-refractivity contribution in [1.82, 2.24) is 0 Å². The summed E-state index contributed by atoms with van der Waals surface area (Å²) in [7, 11) is 0. The lowest BCUT2D eigenvalue weighted by Crippen LogP contribution is -2.14. The van der Waals surface area contributed by atoms with Gasteiger partial charge < -0.3 is 26.6 Å². The Kier molecular flexibility index (Phi) is 5.25. The van der Waals surface area contributed by atoms with Crippen LogP contribution in [-0.2, 0) is 4.74 Å². The van der Waals surface area contributed by atoms with E-state index in [2.05, 4.69) is 5.32 Å². The molecule has 0 radical (unpaired) electrons. The van der Waals surface area contributed by atoms with E-state index >= 15 is 0 Å². The molecule has 1 aromatic rings. The molecule has 6 heteroatoms. The predicted octanol–water partition coefficient (Wildman–Crippen LogP) is -0.212. The van der Waals surface area contributed by atoms with Crippen molar-refractivity contribution in [2.24, 2.45) is 5.73 Å². The van der Waals surface area contributed by atoms with Crippen LogP contribution in [0.1, 0.15) is 10.4 Å². The summed E-state index contributed by atoms with van der Waals surface area (Å²) in [5.74, 6) is -0.505. The van der Waals surface area contributed by atoms with Crippen LogP contribution in [0.25, 0.3) is 0 Å². The monoisotopic (exact) mass is 239 g/mol. The highest BCUT2D eigenvalue weighted by Crippen LogP contribution is 2.19. The van der Waals surface area contributed by atoms with Crippen LogP contribution in [0.15, 0.2) is 18.2 Å². The Labute approximate surface area is 99.6 Å². The standard InChI is InChI=1S/C11H17N3O3/c12-9-7-8(11(13)16)1-2-10(9)14-3-5-17-6-4-15/h1-2,7,14-15H,3-6,12H2,(H2,13,16). The van der Waals surface area contributed by atoms with Crippen LogP contribution in [0.5, 0.6) is 0 Å². The zero-order chi connectivity index (χ0) is 12.7. The number of carbonyl (C=O) groups is 1. The number of aliphatic hydroxyl groups is 1. The number of hydrogen-bond donors (Lipinski definition) is 4. The molecule has 0 fully saturated rings. The van der Waals surface area contributed by atoms with E-state index in [0.29, 0.717) is 31.0 Å². The molecule has 0 atom stereocenters. The molecule has 1 aromatic carbocycles. The van der Waals surface area contributed by atoms with Gasteiger partial charge in [0.25, 0.3) is 0 Å². The zero-order valence-corrected chi connectivity index (χ0v) is 9.48. The summed E-state index contributed by atoms with van der Waals surface area (Å²) in [5.41, 5.74) is 12.4. The van der Waals surface area contributed by atoms with Gasteiger partial charge >= 0.3 is 0 Å². The van der Waals surface area contributed by atoms with E-state index in [1.165, 1.54) is 6.07 Å². The van der Waals surface area contributed by atoms with E-state index in [1.807, 2.05) is 0 Å². The molecule has 0 aliphatic heterocycles. The highest BCUT2D eigenvalue weighted by Gasteiger charge is 2.04. The number of hydrogen-bond acceptors (Lipinski definition) is 5.